The highest BCUT2D eigenvalue weighted by atomic mass is 35.5. The molecule has 1 aromatic heterocycles. The number of hydrogen-bond donors (Lipinski definition) is 0. The van der Waals surface area contributed by atoms with Gasteiger partial charge >= 0.3 is 0 Å². The van der Waals surface area contributed by atoms with Gasteiger partial charge in [0.15, 0.2) is 0 Å². The minimum atomic E-state index is -0.210. The van der Waals surface area contributed by atoms with E-state index in [-0.39, 0.29) is 22.8 Å². The second-order valence-electron chi connectivity index (χ2n) is 4.37. The van der Waals surface area contributed by atoms with Crippen molar-refractivity contribution in [3.8, 4) is 0 Å². The molecule has 17 heavy (non-hydrogen) atoms. The van der Waals surface area contributed by atoms with Crippen LogP contribution in [0.15, 0.2) is 12.1 Å². The lowest BCUT2D eigenvalue weighted by molar-refractivity contribution is 0.0701. The molecule has 0 aliphatic rings. The standard InChI is InChI=1S/C12H16Cl2N2O/c1-7(2)8(3)16(4)12(17)11-9(13)5-6-10(14)15-11/h5-8H,1-4H3. The molecule has 0 bridgehead atoms. The van der Waals surface area contributed by atoms with E-state index in [1.54, 1.807) is 24.1 Å². The van der Waals surface area contributed by atoms with Crippen molar-refractivity contribution in [2.45, 2.75) is 26.8 Å². The van der Waals surface area contributed by atoms with Gasteiger partial charge in [-0.15, -0.1) is 0 Å². The summed E-state index contributed by atoms with van der Waals surface area (Å²) in [5.74, 6) is 0.153. The molecule has 0 fully saturated rings. The van der Waals surface area contributed by atoms with Gasteiger partial charge in [0.1, 0.15) is 10.8 Å². The first-order chi connectivity index (χ1) is 7.84. The lowest BCUT2D eigenvalue weighted by Gasteiger charge is -2.27. The molecule has 94 valence electrons. The van der Waals surface area contributed by atoms with Gasteiger partial charge in [-0.05, 0) is 25.0 Å². The third-order valence-corrected chi connectivity index (χ3v) is 3.43. The van der Waals surface area contributed by atoms with E-state index < -0.39 is 0 Å². The fraction of sp³-hybridized carbons (Fsp3) is 0.500. The Bertz CT molecular complexity index is 421. The lowest BCUT2D eigenvalue weighted by atomic mass is 10.0. The first-order valence-electron chi connectivity index (χ1n) is 5.43. The molecule has 3 nitrogen and oxygen atoms in total. The molecule has 0 N–H and O–H groups in total. The van der Waals surface area contributed by atoms with Crippen molar-refractivity contribution in [2.24, 2.45) is 5.92 Å². The van der Waals surface area contributed by atoms with Crippen LogP contribution in [-0.4, -0.2) is 28.9 Å². The van der Waals surface area contributed by atoms with E-state index in [1.165, 1.54) is 0 Å². The number of rotatable bonds is 3. The van der Waals surface area contributed by atoms with Crippen LogP contribution in [0, 0.1) is 5.92 Å². The van der Waals surface area contributed by atoms with E-state index in [0.717, 1.165) is 0 Å². The van der Waals surface area contributed by atoms with Crippen LogP contribution in [0.25, 0.3) is 0 Å². The maximum Gasteiger partial charge on any atom is 0.274 e. The molecule has 1 unspecified atom stereocenters. The summed E-state index contributed by atoms with van der Waals surface area (Å²) in [4.78, 5) is 17.8. The van der Waals surface area contributed by atoms with Crippen LogP contribution >= 0.6 is 23.2 Å². The molecule has 0 aliphatic carbocycles. The predicted molar refractivity (Wildman–Crippen MR) is 70.7 cm³/mol. The normalized spacial score (nSPS) is 12.6. The number of pyridine rings is 1. The molecule has 0 radical (unpaired) electrons. The third-order valence-electron chi connectivity index (χ3n) is 2.91. The summed E-state index contributed by atoms with van der Waals surface area (Å²) in [7, 11) is 1.74. The molecule has 1 heterocycles. The number of carbonyl (C=O) groups excluding carboxylic acids is 1. The fourth-order valence-electron chi connectivity index (χ4n) is 1.37. The summed E-state index contributed by atoms with van der Waals surface area (Å²) in [6.07, 6.45) is 0. The quantitative estimate of drug-likeness (QED) is 0.791. The second-order valence-corrected chi connectivity index (χ2v) is 5.16. The van der Waals surface area contributed by atoms with E-state index in [4.69, 9.17) is 23.2 Å². The molecule has 1 aromatic rings. The van der Waals surface area contributed by atoms with Crippen molar-refractivity contribution in [3.63, 3.8) is 0 Å². The van der Waals surface area contributed by atoms with Gasteiger partial charge in [0.25, 0.3) is 5.91 Å². The zero-order valence-electron chi connectivity index (χ0n) is 10.4. The first-order valence-corrected chi connectivity index (χ1v) is 6.19. The summed E-state index contributed by atoms with van der Waals surface area (Å²) in [6, 6.07) is 3.25. The van der Waals surface area contributed by atoms with Crippen molar-refractivity contribution in [1.82, 2.24) is 9.88 Å². The molecule has 1 atom stereocenters. The third kappa shape index (κ3) is 3.33. The maximum absolute atomic E-state index is 12.2. The average Bonchev–Trinajstić information content (AvgIpc) is 2.29. The monoisotopic (exact) mass is 274 g/mol. The van der Waals surface area contributed by atoms with Crippen LogP contribution in [0.5, 0.6) is 0 Å². The van der Waals surface area contributed by atoms with Crippen LogP contribution in [0.3, 0.4) is 0 Å². The molecule has 0 saturated carbocycles. The molecule has 1 amide bonds. The van der Waals surface area contributed by atoms with Crippen molar-refractivity contribution in [1.29, 1.82) is 0 Å². The van der Waals surface area contributed by atoms with Crippen LogP contribution < -0.4 is 0 Å². The highest BCUT2D eigenvalue weighted by molar-refractivity contribution is 6.34. The number of aromatic nitrogens is 1. The van der Waals surface area contributed by atoms with Crippen molar-refractivity contribution >= 4 is 29.1 Å². The molecule has 0 aliphatic heterocycles. The molecule has 0 aromatic carbocycles. The van der Waals surface area contributed by atoms with Crippen LogP contribution in [0.2, 0.25) is 10.2 Å². The average molecular weight is 275 g/mol. The zero-order chi connectivity index (χ0) is 13.2. The number of carbonyl (C=O) groups is 1. The van der Waals surface area contributed by atoms with Crippen LogP contribution in [-0.2, 0) is 0 Å². The molecular weight excluding hydrogens is 259 g/mol. The Kier molecular flexibility index (Phi) is 4.78. The Morgan fingerprint density at radius 1 is 1.29 bits per heavy atom. The van der Waals surface area contributed by atoms with Crippen molar-refractivity contribution in [2.75, 3.05) is 7.05 Å². The van der Waals surface area contributed by atoms with Gasteiger partial charge in [-0.1, -0.05) is 37.0 Å². The van der Waals surface area contributed by atoms with Gasteiger partial charge in [-0.25, -0.2) is 4.98 Å². The first kappa shape index (κ1) is 14.3. The second kappa shape index (κ2) is 5.69. The molecule has 0 saturated heterocycles. The molecular formula is C12H16Cl2N2O. The SMILES string of the molecule is CC(C)C(C)N(C)C(=O)c1nc(Cl)ccc1Cl. The number of halogens is 2. The van der Waals surface area contributed by atoms with Crippen molar-refractivity contribution in [3.05, 3.63) is 28.0 Å². The lowest BCUT2D eigenvalue weighted by Crippen LogP contribution is -2.38. The topological polar surface area (TPSA) is 33.2 Å². The van der Waals surface area contributed by atoms with Crippen LogP contribution in [0.1, 0.15) is 31.3 Å². The number of nitrogens with zero attached hydrogens (tertiary/aromatic N) is 2. The smallest absolute Gasteiger partial charge is 0.274 e. The Balaban J connectivity index is 3.00. The largest absolute Gasteiger partial charge is 0.337 e. The van der Waals surface area contributed by atoms with E-state index in [1.807, 2.05) is 6.92 Å². The highest BCUT2D eigenvalue weighted by Crippen LogP contribution is 2.20. The van der Waals surface area contributed by atoms with E-state index >= 15 is 0 Å². The summed E-state index contributed by atoms with van der Waals surface area (Å²) in [6.45, 7) is 6.10. The fourth-order valence-corrected chi connectivity index (χ4v) is 1.70. The predicted octanol–water partition coefficient (Wildman–Crippen LogP) is 3.50. The summed E-state index contributed by atoms with van der Waals surface area (Å²) >= 11 is 11.7. The van der Waals surface area contributed by atoms with Gasteiger partial charge in [0, 0.05) is 13.1 Å². The molecule has 5 heteroatoms. The Morgan fingerprint density at radius 3 is 2.41 bits per heavy atom. The highest BCUT2D eigenvalue weighted by Gasteiger charge is 2.23. The van der Waals surface area contributed by atoms with E-state index in [9.17, 15) is 4.79 Å². The zero-order valence-corrected chi connectivity index (χ0v) is 11.9. The summed E-state index contributed by atoms with van der Waals surface area (Å²) < 4.78 is 0. The summed E-state index contributed by atoms with van der Waals surface area (Å²) in [5, 5.41) is 0.588. The van der Waals surface area contributed by atoms with E-state index in [0.29, 0.717) is 10.9 Å². The summed E-state index contributed by atoms with van der Waals surface area (Å²) in [5.41, 5.74) is 0.203. The van der Waals surface area contributed by atoms with Gasteiger partial charge in [-0.2, -0.15) is 0 Å². The minimum absolute atomic E-state index is 0.111. The van der Waals surface area contributed by atoms with Gasteiger partial charge in [0.2, 0.25) is 0 Å². The van der Waals surface area contributed by atoms with Gasteiger partial charge < -0.3 is 4.90 Å². The molecule has 0 spiro atoms. The Morgan fingerprint density at radius 2 is 1.88 bits per heavy atom. The van der Waals surface area contributed by atoms with Crippen LogP contribution in [0.4, 0.5) is 0 Å². The van der Waals surface area contributed by atoms with Gasteiger partial charge in [0.05, 0.1) is 5.02 Å². The maximum atomic E-state index is 12.2. The van der Waals surface area contributed by atoms with Crippen molar-refractivity contribution < 1.29 is 4.79 Å². The Labute approximate surface area is 112 Å². The van der Waals surface area contributed by atoms with E-state index in [2.05, 4.69) is 18.8 Å². The minimum Gasteiger partial charge on any atom is -0.337 e. The van der Waals surface area contributed by atoms with Gasteiger partial charge in [-0.3, -0.25) is 4.79 Å². The number of amides is 1. The number of hydrogen-bond acceptors (Lipinski definition) is 2. The molecule has 1 rings (SSSR count). The Hall–Kier alpha value is -0.800.